The molecule has 0 bridgehead atoms. The van der Waals surface area contributed by atoms with Crippen molar-refractivity contribution in [3.63, 3.8) is 0 Å². The van der Waals surface area contributed by atoms with Gasteiger partial charge in [0.05, 0.1) is 25.7 Å². The van der Waals surface area contributed by atoms with E-state index < -0.39 is 0 Å². The summed E-state index contributed by atoms with van der Waals surface area (Å²) >= 11 is 0. The van der Waals surface area contributed by atoms with Crippen LogP contribution in [0.3, 0.4) is 0 Å². The number of aromatic nitrogens is 2. The Bertz CT molecular complexity index is 1220. The number of methoxy groups -OCH3 is 2. The van der Waals surface area contributed by atoms with Crippen molar-refractivity contribution in [3.05, 3.63) is 48.0 Å². The third kappa shape index (κ3) is 5.29. The molecule has 2 heterocycles. The Morgan fingerprint density at radius 1 is 0.919 bits per heavy atom. The Morgan fingerprint density at radius 3 is 2.22 bits per heavy atom. The van der Waals surface area contributed by atoms with Crippen LogP contribution < -0.4 is 20.1 Å². The molecule has 2 fully saturated rings. The summed E-state index contributed by atoms with van der Waals surface area (Å²) in [5.41, 5.74) is 8.17. The highest BCUT2D eigenvalue weighted by Crippen LogP contribution is 2.37. The van der Waals surface area contributed by atoms with Gasteiger partial charge in [0.2, 0.25) is 11.9 Å². The fourth-order valence-corrected chi connectivity index (χ4v) is 5.85. The summed E-state index contributed by atoms with van der Waals surface area (Å²) in [7, 11) is 3.19. The Hall–Kier alpha value is -3.55. The standard InChI is InChI=1S/C29H37N5O3/c1-36-24-18-22-23(19-25(24)37-2)31-29(32-27(22)30)34-16-14-33(15-17-34)28(35)26(21-12-8-5-9-13-21)20-10-6-3-4-7-11-20/h5,8-9,12-13,18-20,26H,3-4,6-7,10-11,14-17H2,1-2H3,(H2,30,31,32). The van der Waals surface area contributed by atoms with Gasteiger partial charge in [0, 0.05) is 37.6 Å². The summed E-state index contributed by atoms with van der Waals surface area (Å²) in [5, 5.41) is 0.726. The van der Waals surface area contributed by atoms with E-state index in [2.05, 4.69) is 34.1 Å². The summed E-state index contributed by atoms with van der Waals surface area (Å²) in [5.74, 6) is 2.76. The fraction of sp³-hybridized carbons (Fsp3) is 0.483. The molecule has 8 heteroatoms. The summed E-state index contributed by atoms with van der Waals surface area (Å²) in [6, 6.07) is 14.0. The molecule has 0 radical (unpaired) electrons. The SMILES string of the molecule is COc1cc2nc(N3CCN(C(=O)C(c4ccccc4)C4CCCCCC4)CC3)nc(N)c2cc1OC. The first kappa shape index (κ1) is 25.1. The van der Waals surface area contributed by atoms with Crippen LogP contribution in [0.5, 0.6) is 11.5 Å². The molecule has 1 unspecified atom stereocenters. The molecule has 1 aliphatic heterocycles. The Kier molecular flexibility index (Phi) is 7.63. The van der Waals surface area contributed by atoms with Gasteiger partial charge in [0.15, 0.2) is 11.5 Å². The first-order chi connectivity index (χ1) is 18.1. The lowest BCUT2D eigenvalue weighted by atomic mass is 9.80. The average Bonchev–Trinajstić information content (AvgIpc) is 3.22. The number of carbonyl (C=O) groups excluding carboxylic acids is 1. The number of nitrogens with zero attached hydrogens (tertiary/aromatic N) is 4. The van der Waals surface area contributed by atoms with E-state index in [-0.39, 0.29) is 11.8 Å². The molecule has 37 heavy (non-hydrogen) atoms. The van der Waals surface area contributed by atoms with E-state index in [1.165, 1.54) is 25.7 Å². The number of nitrogen functional groups attached to an aromatic ring is 1. The number of anilines is 2. The van der Waals surface area contributed by atoms with E-state index in [1.54, 1.807) is 20.3 Å². The van der Waals surface area contributed by atoms with E-state index in [0.29, 0.717) is 60.9 Å². The first-order valence-electron chi connectivity index (χ1n) is 13.4. The molecular weight excluding hydrogens is 466 g/mol. The number of carbonyl (C=O) groups is 1. The Morgan fingerprint density at radius 2 is 1.57 bits per heavy atom. The maximum Gasteiger partial charge on any atom is 0.230 e. The van der Waals surface area contributed by atoms with Gasteiger partial charge < -0.3 is 25.0 Å². The van der Waals surface area contributed by atoms with Crippen molar-refractivity contribution in [2.24, 2.45) is 5.92 Å². The van der Waals surface area contributed by atoms with Crippen molar-refractivity contribution in [2.45, 2.75) is 44.4 Å². The lowest BCUT2D eigenvalue weighted by Gasteiger charge is -2.38. The van der Waals surface area contributed by atoms with Crippen molar-refractivity contribution in [1.29, 1.82) is 0 Å². The van der Waals surface area contributed by atoms with Crippen molar-refractivity contribution >= 4 is 28.6 Å². The van der Waals surface area contributed by atoms with Gasteiger partial charge >= 0.3 is 0 Å². The molecular formula is C29H37N5O3. The van der Waals surface area contributed by atoms with Gasteiger partial charge in [-0.3, -0.25) is 4.79 Å². The van der Waals surface area contributed by atoms with Gasteiger partial charge in [0.25, 0.3) is 0 Å². The van der Waals surface area contributed by atoms with Crippen LogP contribution in [0.15, 0.2) is 42.5 Å². The van der Waals surface area contributed by atoms with Gasteiger partial charge in [0.1, 0.15) is 5.82 Å². The zero-order chi connectivity index (χ0) is 25.8. The minimum Gasteiger partial charge on any atom is -0.493 e. The Labute approximate surface area is 218 Å². The molecule has 5 rings (SSSR count). The molecule has 2 aliphatic rings. The monoisotopic (exact) mass is 503 g/mol. The van der Waals surface area contributed by atoms with Gasteiger partial charge in [-0.25, -0.2) is 4.98 Å². The quantitative estimate of drug-likeness (QED) is 0.490. The summed E-state index contributed by atoms with van der Waals surface area (Å²) in [6.07, 6.45) is 7.24. The number of fused-ring (bicyclic) bond motifs is 1. The van der Waals surface area contributed by atoms with Gasteiger partial charge in [-0.15, -0.1) is 0 Å². The minimum atomic E-state index is -0.0686. The number of rotatable bonds is 6. The van der Waals surface area contributed by atoms with Crippen molar-refractivity contribution in [2.75, 3.05) is 51.0 Å². The van der Waals surface area contributed by atoms with Gasteiger partial charge in [-0.2, -0.15) is 4.98 Å². The van der Waals surface area contributed by atoms with E-state index in [0.717, 1.165) is 23.8 Å². The largest absolute Gasteiger partial charge is 0.493 e. The zero-order valence-corrected chi connectivity index (χ0v) is 21.9. The number of hydrogen-bond acceptors (Lipinski definition) is 7. The molecule has 1 amide bonds. The second-order valence-electron chi connectivity index (χ2n) is 10.1. The summed E-state index contributed by atoms with van der Waals surface area (Å²) in [4.78, 5) is 27.5. The normalized spacial score (nSPS) is 17.9. The first-order valence-corrected chi connectivity index (χ1v) is 13.4. The molecule has 2 N–H and O–H groups in total. The van der Waals surface area contributed by atoms with Gasteiger partial charge in [-0.05, 0) is 30.4 Å². The fourth-order valence-electron chi connectivity index (χ4n) is 5.85. The molecule has 8 nitrogen and oxygen atoms in total. The van der Waals surface area contributed by atoms with Crippen LogP contribution in [0, 0.1) is 5.92 Å². The second kappa shape index (κ2) is 11.2. The molecule has 1 atom stereocenters. The van der Waals surface area contributed by atoms with Crippen molar-refractivity contribution in [3.8, 4) is 11.5 Å². The predicted octanol–water partition coefficient (Wildman–Crippen LogP) is 4.63. The smallest absolute Gasteiger partial charge is 0.230 e. The number of nitrogens with two attached hydrogens (primary N) is 1. The van der Waals surface area contributed by atoms with Crippen molar-refractivity contribution < 1.29 is 14.3 Å². The van der Waals surface area contributed by atoms with Crippen LogP contribution in [-0.4, -0.2) is 61.2 Å². The Balaban J connectivity index is 1.33. The van der Waals surface area contributed by atoms with Crippen LogP contribution in [-0.2, 0) is 4.79 Å². The van der Waals surface area contributed by atoms with Crippen LogP contribution in [0.25, 0.3) is 10.9 Å². The molecule has 1 aliphatic carbocycles. The van der Waals surface area contributed by atoms with E-state index in [4.69, 9.17) is 20.2 Å². The third-order valence-electron chi connectivity index (χ3n) is 7.89. The molecule has 1 saturated heterocycles. The number of piperazine rings is 1. The molecule has 2 aromatic carbocycles. The maximum atomic E-state index is 13.9. The lowest BCUT2D eigenvalue weighted by molar-refractivity contribution is -0.134. The van der Waals surface area contributed by atoms with Crippen LogP contribution in [0.4, 0.5) is 11.8 Å². The molecule has 1 aromatic heterocycles. The number of benzene rings is 2. The lowest BCUT2D eigenvalue weighted by Crippen LogP contribution is -2.51. The highest BCUT2D eigenvalue weighted by molar-refractivity contribution is 5.92. The van der Waals surface area contributed by atoms with E-state index in [9.17, 15) is 4.79 Å². The van der Waals surface area contributed by atoms with E-state index in [1.807, 2.05) is 17.0 Å². The molecule has 3 aromatic rings. The van der Waals surface area contributed by atoms with Gasteiger partial charge in [-0.1, -0.05) is 56.0 Å². The van der Waals surface area contributed by atoms with Crippen LogP contribution >= 0.6 is 0 Å². The van der Waals surface area contributed by atoms with Crippen molar-refractivity contribution in [1.82, 2.24) is 14.9 Å². The maximum absolute atomic E-state index is 13.9. The second-order valence-corrected chi connectivity index (χ2v) is 10.1. The topological polar surface area (TPSA) is 93.8 Å². The number of ether oxygens (including phenoxy) is 2. The zero-order valence-electron chi connectivity index (χ0n) is 21.9. The van der Waals surface area contributed by atoms with E-state index >= 15 is 0 Å². The minimum absolute atomic E-state index is 0.0686. The highest BCUT2D eigenvalue weighted by atomic mass is 16.5. The third-order valence-corrected chi connectivity index (χ3v) is 7.89. The summed E-state index contributed by atoms with van der Waals surface area (Å²) in [6.45, 7) is 2.61. The molecule has 1 saturated carbocycles. The number of amides is 1. The predicted molar refractivity (Wildman–Crippen MR) is 146 cm³/mol. The van der Waals surface area contributed by atoms with Crippen LogP contribution in [0.1, 0.15) is 50.0 Å². The number of hydrogen-bond donors (Lipinski definition) is 1. The summed E-state index contributed by atoms with van der Waals surface area (Å²) < 4.78 is 10.8. The molecule has 196 valence electrons. The molecule has 0 spiro atoms. The highest BCUT2D eigenvalue weighted by Gasteiger charge is 2.35. The van der Waals surface area contributed by atoms with Crippen LogP contribution in [0.2, 0.25) is 0 Å². The average molecular weight is 504 g/mol.